The Hall–Kier alpha value is -2.30. The van der Waals surface area contributed by atoms with Gasteiger partial charge < -0.3 is 15.7 Å². The smallest absolute Gasteiger partial charge is 0.143 e. The fourth-order valence-corrected chi connectivity index (χ4v) is 2.86. The molecule has 0 saturated carbocycles. The zero-order chi connectivity index (χ0) is 17.7. The fourth-order valence-electron chi connectivity index (χ4n) is 2.86. The molecule has 0 spiro atoms. The van der Waals surface area contributed by atoms with Gasteiger partial charge in [-0.3, -0.25) is 0 Å². The average molecular weight is 331 g/mol. The quantitative estimate of drug-likeness (QED) is 0.873. The molecule has 0 bridgehead atoms. The minimum Gasteiger partial charge on any atom is -0.387 e. The number of nitrogens with two attached hydrogens (primary N) is 1. The van der Waals surface area contributed by atoms with Gasteiger partial charge in [0.25, 0.3) is 0 Å². The first-order valence-corrected chi connectivity index (χ1v) is 8.08. The summed E-state index contributed by atoms with van der Waals surface area (Å²) in [6.07, 6.45) is 2.78. The maximum atomic E-state index is 13.7. The molecule has 0 radical (unpaired) electrons. The summed E-state index contributed by atoms with van der Waals surface area (Å²) >= 11 is 0. The van der Waals surface area contributed by atoms with E-state index in [4.69, 9.17) is 11.0 Å². The highest BCUT2D eigenvalue weighted by Gasteiger charge is 2.33. The number of aromatic nitrogens is 2. The Kier molecular flexibility index (Phi) is 5.65. The van der Waals surface area contributed by atoms with E-state index >= 15 is 0 Å². The Morgan fingerprint density at radius 2 is 2.17 bits per heavy atom. The third-order valence-electron chi connectivity index (χ3n) is 4.06. The van der Waals surface area contributed by atoms with Gasteiger partial charge in [-0.05, 0) is 18.9 Å². The number of aliphatic hydroxyl groups is 1. The fraction of sp³-hybridized carbons (Fsp3) is 0.471. The lowest BCUT2D eigenvalue weighted by atomic mass is 9.93. The maximum absolute atomic E-state index is 13.7. The van der Waals surface area contributed by atoms with Crippen LogP contribution in [0.25, 0.3) is 10.9 Å². The van der Waals surface area contributed by atoms with Crippen LogP contribution in [0.2, 0.25) is 0 Å². The number of halogens is 1. The van der Waals surface area contributed by atoms with Crippen LogP contribution in [0.3, 0.4) is 0 Å². The van der Waals surface area contributed by atoms with E-state index in [1.807, 2.05) is 24.8 Å². The highest BCUT2D eigenvalue weighted by Crippen LogP contribution is 2.30. The van der Waals surface area contributed by atoms with Gasteiger partial charge in [0, 0.05) is 31.1 Å². The van der Waals surface area contributed by atoms with Crippen molar-refractivity contribution in [2.75, 3.05) is 24.5 Å². The first-order chi connectivity index (χ1) is 11.6. The number of β-amino-alcohol motifs (C(OH)–C–C–N with tert-alkyl or cyclic N) is 1. The lowest BCUT2D eigenvalue weighted by Crippen LogP contribution is -2.52. The van der Waals surface area contributed by atoms with Crippen LogP contribution in [-0.2, 0) is 0 Å². The van der Waals surface area contributed by atoms with Gasteiger partial charge in [-0.25, -0.2) is 14.4 Å². The molecule has 1 aromatic carbocycles. The zero-order valence-corrected chi connectivity index (χ0v) is 14.0. The van der Waals surface area contributed by atoms with E-state index in [-0.39, 0.29) is 12.1 Å². The van der Waals surface area contributed by atoms with Crippen molar-refractivity contribution in [1.82, 2.24) is 9.97 Å². The largest absolute Gasteiger partial charge is 0.387 e. The van der Waals surface area contributed by atoms with Gasteiger partial charge >= 0.3 is 0 Å². The van der Waals surface area contributed by atoms with Crippen LogP contribution in [0.15, 0.2) is 18.5 Å². The molecule has 1 atom stereocenters. The van der Waals surface area contributed by atoms with Crippen molar-refractivity contribution in [1.29, 1.82) is 5.26 Å². The Labute approximate surface area is 140 Å². The van der Waals surface area contributed by atoms with E-state index in [0.29, 0.717) is 36.2 Å². The maximum Gasteiger partial charge on any atom is 0.143 e. The van der Waals surface area contributed by atoms with Gasteiger partial charge in [0.1, 0.15) is 24.0 Å². The molecule has 0 aliphatic carbocycles. The minimum absolute atomic E-state index is 0.0466. The predicted octanol–water partition coefficient (Wildman–Crippen LogP) is 1.96. The van der Waals surface area contributed by atoms with Crippen LogP contribution in [0, 0.1) is 17.1 Å². The standard InChI is InChI=1S/C15H16FN5O.C2H6/c16-12-5-13-11(4-10(12)6-17)14(20-9-19-13)21-3-1-2-15(22,7-18)8-21;1-2/h4-5,9,22H,1-3,7-8,18H2;1-2H3. The molecule has 3 rings (SSSR count). The van der Waals surface area contributed by atoms with Gasteiger partial charge in [-0.1, -0.05) is 13.8 Å². The number of rotatable bonds is 2. The molecular weight excluding hydrogens is 309 g/mol. The molecule has 24 heavy (non-hydrogen) atoms. The molecule has 1 unspecified atom stereocenters. The Morgan fingerprint density at radius 3 is 2.83 bits per heavy atom. The summed E-state index contributed by atoms with van der Waals surface area (Å²) < 4.78 is 13.7. The zero-order valence-electron chi connectivity index (χ0n) is 14.0. The minimum atomic E-state index is -0.951. The molecule has 128 valence electrons. The average Bonchev–Trinajstić information content (AvgIpc) is 2.62. The normalized spacial score (nSPS) is 20.2. The van der Waals surface area contributed by atoms with Crippen LogP contribution in [0.5, 0.6) is 0 Å². The lowest BCUT2D eigenvalue weighted by molar-refractivity contribution is 0.0345. The molecule has 2 heterocycles. The van der Waals surface area contributed by atoms with Gasteiger partial charge in [0.05, 0.1) is 16.7 Å². The molecule has 1 aromatic heterocycles. The summed E-state index contributed by atoms with van der Waals surface area (Å²) in [5, 5.41) is 20.0. The van der Waals surface area contributed by atoms with Gasteiger partial charge in [0.15, 0.2) is 0 Å². The molecule has 1 aliphatic heterocycles. The van der Waals surface area contributed by atoms with E-state index < -0.39 is 11.4 Å². The summed E-state index contributed by atoms with van der Waals surface area (Å²) in [6.45, 7) is 5.24. The van der Waals surface area contributed by atoms with Crippen molar-refractivity contribution in [3.63, 3.8) is 0 Å². The molecule has 6 nitrogen and oxygen atoms in total. The number of hydrogen-bond donors (Lipinski definition) is 2. The highest BCUT2D eigenvalue weighted by atomic mass is 19.1. The second kappa shape index (κ2) is 7.51. The van der Waals surface area contributed by atoms with Gasteiger partial charge in [-0.2, -0.15) is 5.26 Å². The van der Waals surface area contributed by atoms with Crippen LogP contribution >= 0.6 is 0 Å². The second-order valence-corrected chi connectivity index (χ2v) is 5.61. The Bertz CT molecular complexity index is 760. The third-order valence-corrected chi connectivity index (χ3v) is 4.06. The predicted molar refractivity (Wildman–Crippen MR) is 91.0 cm³/mol. The third kappa shape index (κ3) is 3.45. The Balaban J connectivity index is 0.00000100. The molecule has 3 N–H and O–H groups in total. The number of anilines is 1. The first kappa shape index (κ1) is 18.0. The van der Waals surface area contributed by atoms with E-state index in [1.165, 1.54) is 18.5 Å². The lowest BCUT2D eigenvalue weighted by Gasteiger charge is -2.39. The number of nitriles is 1. The Morgan fingerprint density at radius 1 is 1.42 bits per heavy atom. The van der Waals surface area contributed by atoms with E-state index in [0.717, 1.165) is 6.42 Å². The molecular formula is C17H22FN5O. The second-order valence-electron chi connectivity index (χ2n) is 5.61. The molecule has 2 aromatic rings. The van der Waals surface area contributed by atoms with Crippen LogP contribution in [0.1, 0.15) is 32.3 Å². The van der Waals surface area contributed by atoms with E-state index in [1.54, 1.807) is 0 Å². The highest BCUT2D eigenvalue weighted by molar-refractivity contribution is 5.90. The topological polar surface area (TPSA) is 99.1 Å². The van der Waals surface area contributed by atoms with Gasteiger partial charge in [0.2, 0.25) is 0 Å². The van der Waals surface area contributed by atoms with E-state index in [9.17, 15) is 9.50 Å². The summed E-state index contributed by atoms with van der Waals surface area (Å²) in [7, 11) is 0. The van der Waals surface area contributed by atoms with Crippen molar-refractivity contribution in [3.8, 4) is 6.07 Å². The van der Waals surface area contributed by atoms with Crippen LogP contribution < -0.4 is 10.6 Å². The summed E-state index contributed by atoms with van der Waals surface area (Å²) in [6, 6.07) is 4.52. The summed E-state index contributed by atoms with van der Waals surface area (Å²) in [4.78, 5) is 10.2. The molecule has 1 aliphatic rings. The van der Waals surface area contributed by atoms with Crippen molar-refractivity contribution < 1.29 is 9.50 Å². The van der Waals surface area contributed by atoms with Crippen molar-refractivity contribution in [2.24, 2.45) is 5.73 Å². The van der Waals surface area contributed by atoms with Crippen LogP contribution in [0.4, 0.5) is 10.2 Å². The van der Waals surface area contributed by atoms with Crippen molar-refractivity contribution in [3.05, 3.63) is 29.8 Å². The summed E-state index contributed by atoms with van der Waals surface area (Å²) in [5.74, 6) is -0.00941. The number of nitrogens with zero attached hydrogens (tertiary/aromatic N) is 4. The van der Waals surface area contributed by atoms with E-state index in [2.05, 4.69) is 9.97 Å². The molecule has 7 heteroatoms. The number of hydrogen-bond acceptors (Lipinski definition) is 6. The summed E-state index contributed by atoms with van der Waals surface area (Å²) in [5.41, 5.74) is 5.09. The number of benzene rings is 1. The van der Waals surface area contributed by atoms with Crippen molar-refractivity contribution in [2.45, 2.75) is 32.3 Å². The SMILES string of the molecule is CC.N#Cc1cc2c(N3CCCC(O)(CN)C3)ncnc2cc1F. The molecule has 1 fully saturated rings. The monoisotopic (exact) mass is 331 g/mol. The number of piperidine rings is 1. The molecule has 0 amide bonds. The van der Waals surface area contributed by atoms with Crippen LogP contribution in [-0.4, -0.2) is 40.3 Å². The van der Waals surface area contributed by atoms with Crippen molar-refractivity contribution >= 4 is 16.7 Å². The van der Waals surface area contributed by atoms with Gasteiger partial charge in [-0.15, -0.1) is 0 Å². The number of fused-ring (bicyclic) bond motifs is 1. The molecule has 1 saturated heterocycles. The first-order valence-electron chi connectivity index (χ1n) is 8.08.